The van der Waals surface area contributed by atoms with E-state index in [0.29, 0.717) is 5.92 Å². The summed E-state index contributed by atoms with van der Waals surface area (Å²) in [4.78, 5) is 0. The van der Waals surface area contributed by atoms with Crippen LogP contribution in [0, 0.1) is 40.5 Å². The first-order chi connectivity index (χ1) is 33.1. The molecule has 0 radical (unpaired) electrons. The van der Waals surface area contributed by atoms with Crippen molar-refractivity contribution in [1.82, 2.24) is 0 Å². The average Bonchev–Trinajstić information content (AvgIpc) is 3.38. The molecule has 0 heterocycles. The molecule has 0 aromatic heterocycles. The Morgan fingerprint density at radius 2 is 0.800 bits per heavy atom. The zero-order chi connectivity index (χ0) is 48.4. The third-order valence-electron chi connectivity index (χ3n) is 12.4. The Kier molecular flexibility index (Phi) is 21.8. The van der Waals surface area contributed by atoms with Crippen LogP contribution in [0.2, 0.25) is 0 Å². The fraction of sp³-hybridized carbons (Fsp3) is 0.200. The Morgan fingerprint density at radius 1 is 0.386 bits per heavy atom. The van der Waals surface area contributed by atoms with E-state index in [0.717, 1.165) is 6.42 Å². The Morgan fingerprint density at radius 3 is 1.31 bits per heavy atom. The summed E-state index contributed by atoms with van der Waals surface area (Å²) in [7, 11) is 0. The fourth-order valence-electron chi connectivity index (χ4n) is 8.93. The smallest absolute Gasteiger partial charge is 0.00732 e. The Balaban J connectivity index is 0.000000268. The topological polar surface area (TPSA) is 0 Å². The molecule has 0 bridgehead atoms. The highest BCUT2D eigenvalue weighted by Gasteiger charge is 2.17. The van der Waals surface area contributed by atoms with E-state index in [1.807, 2.05) is 32.0 Å². The molecule has 0 N–H and O–H groups in total. The number of benzene rings is 9. The molecule has 0 nitrogen and oxygen atoms in total. The highest BCUT2D eigenvalue weighted by Crippen LogP contribution is 2.38. The summed E-state index contributed by atoms with van der Waals surface area (Å²) >= 11 is 0. The Bertz CT molecular complexity index is 2990. The number of allylic oxidation sites excluding steroid dienone is 1. The van der Waals surface area contributed by atoms with Gasteiger partial charge in [-0.2, -0.15) is 0 Å². The van der Waals surface area contributed by atoms with Crippen molar-refractivity contribution in [1.29, 1.82) is 0 Å². The lowest BCUT2D eigenvalue weighted by Gasteiger charge is -2.19. The quantitative estimate of drug-likeness (QED) is 0.135. The van der Waals surface area contributed by atoms with E-state index < -0.39 is 0 Å². The van der Waals surface area contributed by atoms with E-state index in [4.69, 9.17) is 0 Å². The van der Waals surface area contributed by atoms with Crippen molar-refractivity contribution in [3.63, 3.8) is 0 Å². The monoisotopic (exact) mass is 919 g/mol. The molecule has 358 valence electrons. The molecule has 70 heavy (non-hydrogen) atoms. The fourth-order valence-corrected chi connectivity index (χ4v) is 8.93. The second-order valence-electron chi connectivity index (χ2n) is 17.6. The van der Waals surface area contributed by atoms with Crippen molar-refractivity contribution in [2.45, 2.75) is 90.5 Å². The maximum atomic E-state index is 2.41. The predicted molar refractivity (Wildman–Crippen MR) is 313 cm³/mol. The minimum absolute atomic E-state index is 0. The zero-order valence-electron chi connectivity index (χ0n) is 42.1. The normalized spacial score (nSPS) is 10.5. The molecule has 0 saturated carbocycles. The van der Waals surface area contributed by atoms with Crippen LogP contribution in [0.15, 0.2) is 224 Å². The van der Waals surface area contributed by atoms with Crippen LogP contribution in [-0.2, 0) is 6.42 Å². The molecule has 9 rings (SSSR count). The van der Waals surface area contributed by atoms with Crippen LogP contribution in [0.1, 0.15) is 94.0 Å². The maximum absolute atomic E-state index is 2.41. The van der Waals surface area contributed by atoms with Crippen LogP contribution in [-0.4, -0.2) is 0 Å². The minimum Gasteiger partial charge on any atom is -0.0776 e. The van der Waals surface area contributed by atoms with E-state index in [1.165, 1.54) is 106 Å². The second-order valence-corrected chi connectivity index (χ2v) is 17.6. The zero-order valence-corrected chi connectivity index (χ0v) is 42.1. The molecule has 0 unspecified atom stereocenters. The molecule has 0 atom stereocenters. The van der Waals surface area contributed by atoms with Crippen LogP contribution in [0.25, 0.3) is 61.2 Å². The van der Waals surface area contributed by atoms with E-state index in [1.54, 1.807) is 0 Å². The largest absolute Gasteiger partial charge is 0.0776 e. The Labute approximate surface area is 424 Å². The van der Waals surface area contributed by atoms with E-state index in [2.05, 4.69) is 262 Å². The lowest BCUT2D eigenvalue weighted by molar-refractivity contribution is 0.833. The SMILES string of the molecule is C.C.CC.CCc1c(-c2ccccc2C)ccc(-c2ccccc2C)c1C.Cc1cccc(-c2ccccc2)c1/C(=C\C(C)C)c1cccc(-c2ccc(-c3ccccc3)cc2)c1.Cc1ccccc1. The highest BCUT2D eigenvalue weighted by molar-refractivity contribution is 5.91. The average molecular weight is 919 g/mol. The van der Waals surface area contributed by atoms with Crippen LogP contribution in [0.3, 0.4) is 0 Å². The van der Waals surface area contributed by atoms with Gasteiger partial charge in [0.1, 0.15) is 0 Å². The second kappa shape index (κ2) is 27.6. The molecule has 0 heteroatoms. The molecule has 9 aromatic rings. The van der Waals surface area contributed by atoms with E-state index in [9.17, 15) is 0 Å². The number of rotatable bonds is 9. The summed E-state index contributed by atoms with van der Waals surface area (Å²) in [6.07, 6.45) is 3.46. The van der Waals surface area contributed by atoms with Gasteiger partial charge in [0.2, 0.25) is 0 Å². The molecule has 0 fully saturated rings. The molecule has 9 aromatic carbocycles. The van der Waals surface area contributed by atoms with Gasteiger partial charge in [-0.25, -0.2) is 0 Å². The third kappa shape index (κ3) is 14.1. The van der Waals surface area contributed by atoms with Crippen LogP contribution in [0.4, 0.5) is 0 Å². The van der Waals surface area contributed by atoms with Gasteiger partial charge in [-0.05, 0) is 153 Å². The highest BCUT2D eigenvalue weighted by atomic mass is 14.2. The summed E-state index contributed by atoms with van der Waals surface area (Å²) in [6, 6.07) is 78.0. The van der Waals surface area contributed by atoms with Crippen molar-refractivity contribution in [2.24, 2.45) is 5.92 Å². The van der Waals surface area contributed by atoms with Crippen molar-refractivity contribution < 1.29 is 0 Å². The van der Waals surface area contributed by atoms with Crippen molar-refractivity contribution in [3.8, 4) is 55.6 Å². The van der Waals surface area contributed by atoms with Gasteiger partial charge in [-0.15, -0.1) is 0 Å². The molecular weight excluding hydrogens is 841 g/mol. The summed E-state index contributed by atoms with van der Waals surface area (Å²) in [5.74, 6) is 0.428. The number of hydrogen-bond acceptors (Lipinski definition) is 0. The van der Waals surface area contributed by atoms with Crippen LogP contribution in [0.5, 0.6) is 0 Å². The molecule has 0 saturated heterocycles. The first-order valence-corrected chi connectivity index (χ1v) is 24.5. The maximum Gasteiger partial charge on any atom is -0.00732 e. The molecule has 0 aliphatic rings. The first kappa shape index (κ1) is 55.3. The van der Waals surface area contributed by atoms with Gasteiger partial charge in [-0.3, -0.25) is 0 Å². The van der Waals surface area contributed by atoms with Crippen molar-refractivity contribution in [3.05, 3.63) is 269 Å². The molecular formula is C70H78. The first-order valence-electron chi connectivity index (χ1n) is 24.5. The Hall–Kier alpha value is -7.28. The van der Waals surface area contributed by atoms with Crippen molar-refractivity contribution >= 4 is 5.57 Å². The molecule has 0 amide bonds. The van der Waals surface area contributed by atoms with Gasteiger partial charge in [0, 0.05) is 0 Å². The molecule has 0 aliphatic carbocycles. The van der Waals surface area contributed by atoms with E-state index in [-0.39, 0.29) is 14.9 Å². The van der Waals surface area contributed by atoms with Crippen molar-refractivity contribution in [2.75, 3.05) is 0 Å². The van der Waals surface area contributed by atoms with Gasteiger partial charge >= 0.3 is 0 Å². The van der Waals surface area contributed by atoms with Gasteiger partial charge in [0.05, 0.1) is 0 Å². The van der Waals surface area contributed by atoms with Crippen LogP contribution < -0.4 is 0 Å². The van der Waals surface area contributed by atoms with Gasteiger partial charge in [0.25, 0.3) is 0 Å². The van der Waals surface area contributed by atoms with Crippen LogP contribution >= 0.6 is 0 Å². The summed E-state index contributed by atoms with van der Waals surface area (Å²) < 4.78 is 0. The summed E-state index contributed by atoms with van der Waals surface area (Å²) in [5.41, 5.74) is 24.9. The van der Waals surface area contributed by atoms with E-state index >= 15 is 0 Å². The lowest BCUT2D eigenvalue weighted by Crippen LogP contribution is -1.98. The predicted octanol–water partition coefficient (Wildman–Crippen LogP) is 20.9. The summed E-state index contributed by atoms with van der Waals surface area (Å²) in [5, 5.41) is 0. The standard InChI is InChI=1S/C36H32.C23H24.C7H8.C2H6.2CH4/c1-26(2)24-35(36-27(3)12-10-19-34(36)31-15-8-5-9-16-31)33-18-11-17-32(25-33)30-22-20-29(21-23-30)28-13-6-4-7-14-28;1-5-19-18(4)22(20-12-8-6-10-16(20)2)14-15-23(19)21-13-9-7-11-17(21)3;1-7-5-3-2-4-6-7;1-2;;/h4-26H,1-3H3;6-15H,5H2,1-4H3;2-6H,1H3;1-2H3;2*1H4/b35-24-;;;;;. The minimum atomic E-state index is 0. The molecule has 0 aliphatic heterocycles. The third-order valence-corrected chi connectivity index (χ3v) is 12.4. The lowest BCUT2D eigenvalue weighted by atomic mass is 9.85. The van der Waals surface area contributed by atoms with Gasteiger partial charge in [0.15, 0.2) is 0 Å². The number of aryl methyl sites for hydroxylation is 4. The van der Waals surface area contributed by atoms with Gasteiger partial charge in [-0.1, -0.05) is 273 Å². The number of hydrogen-bond donors (Lipinski definition) is 0. The molecule has 0 spiro atoms. The van der Waals surface area contributed by atoms with Gasteiger partial charge < -0.3 is 0 Å². The summed E-state index contributed by atoms with van der Waals surface area (Å²) in [6.45, 7) is 21.7.